The third-order valence-electron chi connectivity index (χ3n) is 2.32. The lowest BCUT2D eigenvalue weighted by atomic mass is 10.1. The van der Waals surface area contributed by atoms with Gasteiger partial charge in [-0.3, -0.25) is 9.36 Å². The highest BCUT2D eigenvalue weighted by atomic mass is 31.2. The molecule has 0 fully saturated rings. The van der Waals surface area contributed by atoms with Gasteiger partial charge >= 0.3 is 19.3 Å². The van der Waals surface area contributed by atoms with E-state index in [-0.39, 0.29) is 6.42 Å². The first-order valence-corrected chi connectivity index (χ1v) is 6.76. The molecule has 0 heterocycles. The quantitative estimate of drug-likeness (QED) is 0.284. The first-order chi connectivity index (χ1) is 8.63. The van der Waals surface area contributed by atoms with Crippen LogP contribution >= 0.6 is 7.60 Å². The molecule has 0 saturated carbocycles. The summed E-state index contributed by atoms with van der Waals surface area (Å²) in [5, 5.41) is 19.2. The normalized spacial score (nSPS) is 16.6. The van der Waals surface area contributed by atoms with Crippen LogP contribution in [-0.4, -0.2) is 37.7 Å². The summed E-state index contributed by atoms with van der Waals surface area (Å²) in [6.45, 7) is 0. The molecule has 2 atom stereocenters. The molecule has 1 aromatic carbocycles. The number of benzene rings is 1. The van der Waals surface area contributed by atoms with Crippen molar-refractivity contribution in [2.24, 2.45) is 0 Å². The van der Waals surface area contributed by atoms with E-state index in [0.29, 0.717) is 5.56 Å². The number of hydrogen-bond donors (Lipinski definition) is 5. The van der Waals surface area contributed by atoms with Crippen LogP contribution in [0.15, 0.2) is 30.3 Å². The first kappa shape index (κ1) is 15.7. The topological polar surface area (TPSA) is 127 Å². The number of nitrogens with one attached hydrogen (secondary N) is 1. The summed E-state index contributed by atoms with van der Waals surface area (Å²) in [4.78, 5) is 28.1. The maximum absolute atomic E-state index is 13.3. The Labute approximate surface area is 107 Å². The van der Waals surface area contributed by atoms with Gasteiger partial charge in [0.25, 0.3) is 0 Å². The van der Waals surface area contributed by atoms with Gasteiger partial charge in [0.1, 0.15) is 6.04 Å². The van der Waals surface area contributed by atoms with Crippen LogP contribution < -0.4 is 5.32 Å². The summed E-state index contributed by atoms with van der Waals surface area (Å²) in [6, 6.07) is 6.37. The lowest BCUT2D eigenvalue weighted by Crippen LogP contribution is -2.51. The lowest BCUT2D eigenvalue weighted by Gasteiger charge is -2.25. The second kappa shape index (κ2) is 5.77. The van der Waals surface area contributed by atoms with Crippen LogP contribution in [0.5, 0.6) is 0 Å². The molecule has 0 saturated heterocycles. The number of halogens is 1. The van der Waals surface area contributed by atoms with Crippen molar-refractivity contribution >= 4 is 13.6 Å². The Hall–Kier alpha value is -1.31. The molecule has 0 aliphatic carbocycles. The van der Waals surface area contributed by atoms with Crippen LogP contribution in [0.25, 0.3) is 0 Å². The van der Waals surface area contributed by atoms with E-state index < -0.39 is 25.3 Å². The fraction of sp³-hybridized carbons (Fsp3) is 0.300. The minimum absolute atomic E-state index is 0.248. The Morgan fingerprint density at radius 1 is 1.37 bits per heavy atom. The maximum Gasteiger partial charge on any atom is 0.405 e. The predicted octanol–water partition coefficient (Wildman–Crippen LogP) is 0.0227. The van der Waals surface area contributed by atoms with Gasteiger partial charge in [-0.1, -0.05) is 30.3 Å². The molecule has 0 aromatic heterocycles. The van der Waals surface area contributed by atoms with Gasteiger partial charge in [-0.15, -0.1) is 0 Å². The Kier molecular flexibility index (Phi) is 4.78. The van der Waals surface area contributed by atoms with Crippen molar-refractivity contribution in [2.45, 2.75) is 18.2 Å². The van der Waals surface area contributed by atoms with Gasteiger partial charge < -0.3 is 20.0 Å². The SMILES string of the molecule is O=C(O)C(Cc1ccccc1)NC(O)(F)P(=O)(O)O. The molecule has 7 nitrogen and oxygen atoms in total. The van der Waals surface area contributed by atoms with Gasteiger partial charge in [0.05, 0.1) is 0 Å². The van der Waals surface area contributed by atoms with Crippen molar-refractivity contribution in [3.63, 3.8) is 0 Å². The van der Waals surface area contributed by atoms with Gasteiger partial charge in [-0.25, -0.2) is 5.32 Å². The van der Waals surface area contributed by atoms with Crippen LogP contribution in [0.3, 0.4) is 0 Å². The zero-order chi connectivity index (χ0) is 14.7. The minimum atomic E-state index is -5.55. The Morgan fingerprint density at radius 3 is 2.32 bits per heavy atom. The average molecular weight is 293 g/mol. The van der Waals surface area contributed by atoms with Crippen LogP contribution in [0, 0.1) is 0 Å². The van der Waals surface area contributed by atoms with Crippen LogP contribution in [0.4, 0.5) is 4.39 Å². The van der Waals surface area contributed by atoms with Gasteiger partial charge in [0.15, 0.2) is 0 Å². The lowest BCUT2D eigenvalue weighted by molar-refractivity contribution is -0.144. The van der Waals surface area contributed by atoms with Gasteiger partial charge in [0, 0.05) is 0 Å². The van der Waals surface area contributed by atoms with Crippen LogP contribution in [0.1, 0.15) is 5.56 Å². The molecule has 0 amide bonds. The smallest absolute Gasteiger partial charge is 0.405 e. The zero-order valence-electron chi connectivity index (χ0n) is 9.60. The Balaban J connectivity index is 2.86. The van der Waals surface area contributed by atoms with E-state index in [1.165, 1.54) is 5.32 Å². The van der Waals surface area contributed by atoms with Crippen LogP contribution in [-0.2, 0) is 15.8 Å². The van der Waals surface area contributed by atoms with E-state index >= 15 is 0 Å². The summed E-state index contributed by atoms with van der Waals surface area (Å²) in [6.07, 6.45) is -0.248. The van der Waals surface area contributed by atoms with Crippen molar-refractivity contribution in [2.75, 3.05) is 0 Å². The zero-order valence-corrected chi connectivity index (χ0v) is 10.5. The number of aliphatic carboxylic acids is 1. The highest BCUT2D eigenvalue weighted by Crippen LogP contribution is 2.48. The summed E-state index contributed by atoms with van der Waals surface area (Å²) < 4.78 is 24.0. The second-order valence-corrected chi connectivity index (χ2v) is 5.54. The first-order valence-electron chi connectivity index (χ1n) is 5.15. The molecule has 9 heteroatoms. The number of rotatable bonds is 6. The largest absolute Gasteiger partial charge is 0.480 e. The van der Waals surface area contributed by atoms with Gasteiger partial charge in [-0.05, 0) is 12.0 Å². The fourth-order valence-corrected chi connectivity index (χ4v) is 1.68. The minimum Gasteiger partial charge on any atom is -0.480 e. The maximum atomic E-state index is 13.3. The molecular formula is C10H13FNO6P. The molecule has 0 bridgehead atoms. The highest BCUT2D eigenvalue weighted by Gasteiger charge is 2.48. The van der Waals surface area contributed by atoms with Crippen molar-refractivity contribution < 1.29 is 33.7 Å². The number of carboxylic acids is 1. The van der Waals surface area contributed by atoms with E-state index in [1.807, 2.05) is 0 Å². The molecule has 1 aromatic rings. The average Bonchev–Trinajstić information content (AvgIpc) is 2.27. The number of carboxylic acid groups (broad SMARTS) is 1. The van der Waals surface area contributed by atoms with Gasteiger partial charge in [0.2, 0.25) is 0 Å². The molecular weight excluding hydrogens is 280 g/mol. The third-order valence-corrected chi connectivity index (χ3v) is 3.23. The van der Waals surface area contributed by atoms with Crippen molar-refractivity contribution in [3.8, 4) is 0 Å². The molecule has 106 valence electrons. The van der Waals surface area contributed by atoms with E-state index in [2.05, 4.69) is 0 Å². The van der Waals surface area contributed by atoms with Crippen LogP contribution in [0.2, 0.25) is 0 Å². The van der Waals surface area contributed by atoms with E-state index in [4.69, 9.17) is 20.0 Å². The second-order valence-electron chi connectivity index (χ2n) is 3.86. The molecule has 1 rings (SSSR count). The monoisotopic (exact) mass is 293 g/mol. The number of carbonyl (C=O) groups is 1. The summed E-state index contributed by atoms with van der Waals surface area (Å²) in [5.74, 6) is -1.55. The Bertz CT molecular complexity index is 488. The summed E-state index contributed by atoms with van der Waals surface area (Å²) in [5.41, 5.74) is -3.59. The fourth-order valence-electron chi connectivity index (χ4n) is 1.36. The third kappa shape index (κ3) is 4.38. The van der Waals surface area contributed by atoms with E-state index in [0.717, 1.165) is 0 Å². The molecule has 19 heavy (non-hydrogen) atoms. The van der Waals surface area contributed by atoms with E-state index in [1.54, 1.807) is 30.3 Å². The molecule has 0 aliphatic rings. The van der Waals surface area contributed by atoms with E-state index in [9.17, 15) is 13.8 Å². The molecule has 0 aliphatic heterocycles. The highest BCUT2D eigenvalue weighted by molar-refractivity contribution is 7.53. The molecule has 5 N–H and O–H groups in total. The van der Waals surface area contributed by atoms with Crippen molar-refractivity contribution in [1.29, 1.82) is 0 Å². The molecule has 2 unspecified atom stereocenters. The predicted molar refractivity (Wildman–Crippen MR) is 62.8 cm³/mol. The number of alkyl halides is 1. The van der Waals surface area contributed by atoms with Crippen molar-refractivity contribution in [3.05, 3.63) is 35.9 Å². The number of aliphatic hydroxyl groups is 1. The van der Waals surface area contributed by atoms with Crippen molar-refractivity contribution in [1.82, 2.24) is 5.32 Å². The standard InChI is InChI=1S/C10H13FNO6P/c11-10(15,19(16,17)18)12-8(9(13)14)6-7-4-2-1-3-5-7/h1-5,8,12,15H,6H2,(H,13,14)(H2,16,17,18). The van der Waals surface area contributed by atoms with Gasteiger partial charge in [-0.2, -0.15) is 4.39 Å². The molecule has 0 radical (unpaired) electrons. The molecule has 0 spiro atoms. The summed E-state index contributed by atoms with van der Waals surface area (Å²) >= 11 is 0. The Morgan fingerprint density at radius 2 is 1.89 bits per heavy atom. The number of hydrogen-bond acceptors (Lipinski definition) is 4. The summed E-state index contributed by atoms with van der Waals surface area (Å²) in [7, 11) is -5.55.